The zero-order chi connectivity index (χ0) is 26.7. The van der Waals surface area contributed by atoms with Crippen LogP contribution in [0, 0.1) is 6.92 Å². The van der Waals surface area contributed by atoms with Crippen molar-refractivity contribution in [1.29, 1.82) is 0 Å². The molecule has 192 valence electrons. The number of rotatable bonds is 7. The fourth-order valence-corrected chi connectivity index (χ4v) is 4.07. The average molecular weight is 508 g/mol. The smallest absolute Gasteiger partial charge is 0.416 e. The number of alkyl halides is 3. The fraction of sp³-hybridized carbons (Fsp3) is 0.241. The van der Waals surface area contributed by atoms with E-state index in [1.807, 2.05) is 75.4 Å². The Bertz CT molecular complexity index is 1380. The molecule has 0 unspecified atom stereocenters. The second-order valence-electron chi connectivity index (χ2n) is 9.14. The van der Waals surface area contributed by atoms with Crippen LogP contribution >= 0.6 is 0 Å². The van der Waals surface area contributed by atoms with E-state index in [1.54, 1.807) is 16.6 Å². The lowest BCUT2D eigenvalue weighted by molar-refractivity contribution is -0.137. The van der Waals surface area contributed by atoms with Crippen LogP contribution in [-0.2, 0) is 19.8 Å². The number of aryl methyl sites for hydroxylation is 2. The quantitative estimate of drug-likeness (QED) is 0.265. The summed E-state index contributed by atoms with van der Waals surface area (Å²) < 4.78 is 47.0. The molecule has 1 heterocycles. The highest BCUT2D eigenvalue weighted by atomic mass is 19.4. The van der Waals surface area contributed by atoms with Crippen molar-refractivity contribution in [2.24, 2.45) is 7.05 Å². The second kappa shape index (κ2) is 10.5. The molecule has 1 aromatic heterocycles. The number of hydrogen-bond donors (Lipinski definition) is 0. The van der Waals surface area contributed by atoms with Gasteiger partial charge in [0.25, 0.3) is 5.91 Å². The molecular weight excluding hydrogens is 479 g/mol. The lowest BCUT2D eigenvalue weighted by Gasteiger charge is -2.27. The zero-order valence-electron chi connectivity index (χ0n) is 21.1. The standard InChI is InChI=1S/C29H28F3N3O2/c1-19(2)35(27(36)22-13-15-23(16-14-22)29(30,31)32)18-25-26(21-10-6-5-7-11-21)33-34(4)28(25)37-24-12-8-9-20(3)17-24/h5-17,19H,18H2,1-4H3. The van der Waals surface area contributed by atoms with Crippen LogP contribution in [-0.4, -0.2) is 26.6 Å². The first-order chi connectivity index (χ1) is 17.5. The van der Waals surface area contributed by atoms with Gasteiger partial charge in [-0.1, -0.05) is 42.5 Å². The first-order valence-corrected chi connectivity index (χ1v) is 11.9. The SMILES string of the molecule is Cc1cccc(Oc2c(CN(C(=O)c3ccc(C(F)(F)F)cc3)C(C)C)c(-c3ccccc3)nn2C)c1. The van der Waals surface area contributed by atoms with Gasteiger partial charge in [0, 0.05) is 24.2 Å². The van der Waals surface area contributed by atoms with Crippen molar-refractivity contribution in [2.45, 2.75) is 39.5 Å². The van der Waals surface area contributed by atoms with Gasteiger partial charge in [-0.05, 0) is 62.7 Å². The molecule has 0 radical (unpaired) electrons. The number of aromatic nitrogens is 2. The van der Waals surface area contributed by atoms with E-state index in [9.17, 15) is 18.0 Å². The van der Waals surface area contributed by atoms with E-state index in [-0.39, 0.29) is 24.1 Å². The van der Waals surface area contributed by atoms with Crippen LogP contribution in [0.3, 0.4) is 0 Å². The molecule has 3 aromatic carbocycles. The van der Waals surface area contributed by atoms with Crippen molar-refractivity contribution in [3.63, 3.8) is 0 Å². The predicted octanol–water partition coefficient (Wildman–Crippen LogP) is 7.26. The monoisotopic (exact) mass is 507 g/mol. The Balaban J connectivity index is 1.75. The Hall–Kier alpha value is -4.07. The first kappa shape index (κ1) is 26.0. The van der Waals surface area contributed by atoms with Crippen LogP contribution < -0.4 is 4.74 Å². The zero-order valence-corrected chi connectivity index (χ0v) is 21.1. The summed E-state index contributed by atoms with van der Waals surface area (Å²) in [5.74, 6) is 0.734. The number of carbonyl (C=O) groups is 1. The molecule has 37 heavy (non-hydrogen) atoms. The Labute approximate surface area is 214 Å². The summed E-state index contributed by atoms with van der Waals surface area (Å²) in [6.07, 6.45) is -4.47. The van der Waals surface area contributed by atoms with Gasteiger partial charge in [-0.3, -0.25) is 4.79 Å². The fourth-order valence-electron chi connectivity index (χ4n) is 4.07. The summed E-state index contributed by atoms with van der Waals surface area (Å²) in [5, 5.41) is 4.71. The Morgan fingerprint density at radius 2 is 1.68 bits per heavy atom. The summed E-state index contributed by atoms with van der Waals surface area (Å²) in [5.41, 5.74) is 2.63. The minimum Gasteiger partial charge on any atom is -0.439 e. The van der Waals surface area contributed by atoms with Gasteiger partial charge in [-0.25, -0.2) is 4.68 Å². The Morgan fingerprint density at radius 1 is 1.00 bits per heavy atom. The molecule has 0 atom stereocenters. The summed E-state index contributed by atoms with van der Waals surface area (Å²) >= 11 is 0. The molecule has 0 saturated carbocycles. The highest BCUT2D eigenvalue weighted by molar-refractivity contribution is 5.94. The lowest BCUT2D eigenvalue weighted by Crippen LogP contribution is -2.36. The van der Waals surface area contributed by atoms with Gasteiger partial charge in [0.05, 0.1) is 17.7 Å². The van der Waals surface area contributed by atoms with E-state index in [2.05, 4.69) is 0 Å². The van der Waals surface area contributed by atoms with Gasteiger partial charge in [-0.15, -0.1) is 0 Å². The predicted molar refractivity (Wildman–Crippen MR) is 136 cm³/mol. The molecule has 0 N–H and O–H groups in total. The van der Waals surface area contributed by atoms with Crippen molar-refractivity contribution in [2.75, 3.05) is 0 Å². The minimum atomic E-state index is -4.47. The summed E-state index contributed by atoms with van der Waals surface area (Å²) in [7, 11) is 1.78. The van der Waals surface area contributed by atoms with Crippen LogP contribution in [0.5, 0.6) is 11.6 Å². The van der Waals surface area contributed by atoms with E-state index in [1.165, 1.54) is 12.1 Å². The van der Waals surface area contributed by atoms with Crippen LogP contribution in [0.25, 0.3) is 11.3 Å². The van der Waals surface area contributed by atoms with Crippen molar-refractivity contribution in [3.8, 4) is 22.9 Å². The normalized spacial score (nSPS) is 11.6. The van der Waals surface area contributed by atoms with E-state index in [4.69, 9.17) is 9.84 Å². The topological polar surface area (TPSA) is 47.4 Å². The van der Waals surface area contributed by atoms with E-state index in [0.717, 1.165) is 23.3 Å². The molecule has 0 aliphatic rings. The molecule has 0 saturated heterocycles. The molecule has 4 aromatic rings. The maximum Gasteiger partial charge on any atom is 0.416 e. The molecule has 0 aliphatic heterocycles. The van der Waals surface area contributed by atoms with Crippen molar-refractivity contribution in [3.05, 3.63) is 101 Å². The number of hydrogen-bond acceptors (Lipinski definition) is 3. The highest BCUT2D eigenvalue weighted by Gasteiger charge is 2.31. The molecule has 8 heteroatoms. The van der Waals surface area contributed by atoms with Crippen LogP contribution in [0.4, 0.5) is 13.2 Å². The van der Waals surface area contributed by atoms with E-state index >= 15 is 0 Å². The van der Waals surface area contributed by atoms with Gasteiger partial charge < -0.3 is 9.64 Å². The Morgan fingerprint density at radius 3 is 2.27 bits per heavy atom. The average Bonchev–Trinajstić information content (AvgIpc) is 3.16. The molecule has 0 aliphatic carbocycles. The lowest BCUT2D eigenvalue weighted by atomic mass is 10.1. The highest BCUT2D eigenvalue weighted by Crippen LogP contribution is 2.35. The van der Waals surface area contributed by atoms with Gasteiger partial charge in [-0.2, -0.15) is 18.3 Å². The third kappa shape index (κ3) is 5.85. The minimum absolute atomic E-state index is 0.150. The van der Waals surface area contributed by atoms with Crippen LogP contribution in [0.15, 0.2) is 78.9 Å². The second-order valence-corrected chi connectivity index (χ2v) is 9.14. The molecule has 1 amide bonds. The van der Waals surface area contributed by atoms with Crippen molar-refractivity contribution >= 4 is 5.91 Å². The largest absolute Gasteiger partial charge is 0.439 e. The maximum absolute atomic E-state index is 13.5. The van der Waals surface area contributed by atoms with Crippen molar-refractivity contribution < 1.29 is 22.7 Å². The molecule has 0 fully saturated rings. The molecular formula is C29H28F3N3O2. The number of carbonyl (C=O) groups excluding carboxylic acids is 1. The molecule has 0 spiro atoms. The summed E-state index contributed by atoms with van der Waals surface area (Å²) in [6.45, 7) is 5.84. The van der Waals surface area contributed by atoms with E-state index < -0.39 is 11.7 Å². The number of amides is 1. The molecule has 0 bridgehead atoms. The third-order valence-electron chi connectivity index (χ3n) is 6.01. The van der Waals surface area contributed by atoms with Gasteiger partial charge in [0.15, 0.2) is 0 Å². The number of ether oxygens (including phenoxy) is 1. The summed E-state index contributed by atoms with van der Waals surface area (Å²) in [6, 6.07) is 21.2. The number of benzene rings is 3. The number of nitrogens with zero attached hydrogens (tertiary/aromatic N) is 3. The van der Waals surface area contributed by atoms with Crippen molar-refractivity contribution in [1.82, 2.24) is 14.7 Å². The maximum atomic E-state index is 13.5. The summed E-state index contributed by atoms with van der Waals surface area (Å²) in [4.78, 5) is 15.1. The molecule has 4 rings (SSSR count). The third-order valence-corrected chi connectivity index (χ3v) is 6.01. The van der Waals surface area contributed by atoms with Crippen LogP contribution in [0.2, 0.25) is 0 Å². The van der Waals surface area contributed by atoms with Gasteiger partial charge >= 0.3 is 6.18 Å². The van der Waals surface area contributed by atoms with Gasteiger partial charge in [0.2, 0.25) is 5.88 Å². The first-order valence-electron chi connectivity index (χ1n) is 11.9. The van der Waals surface area contributed by atoms with Crippen LogP contribution in [0.1, 0.15) is 40.9 Å². The Kier molecular flexibility index (Phi) is 7.38. The van der Waals surface area contributed by atoms with Gasteiger partial charge in [0.1, 0.15) is 11.4 Å². The van der Waals surface area contributed by atoms with E-state index in [0.29, 0.717) is 22.9 Å². The molecule has 5 nitrogen and oxygen atoms in total. The number of halogens is 3.